The van der Waals surface area contributed by atoms with Crippen LogP contribution < -0.4 is 13.9 Å². The number of halogens is 1. The number of likely N-dealkylation sites (N-methyl/N-ethyl adjacent to an activating group) is 1. The topological polar surface area (TPSA) is 83.1 Å². The van der Waals surface area contributed by atoms with Gasteiger partial charge in [-0.25, -0.2) is 13.4 Å². The molecular formula is C28H33ClN4O4S2. The number of sulfonamides is 1. The molecule has 39 heavy (non-hydrogen) atoms. The lowest BCUT2D eigenvalue weighted by molar-refractivity contribution is 0.0983. The van der Waals surface area contributed by atoms with Gasteiger partial charge in [-0.1, -0.05) is 43.4 Å². The van der Waals surface area contributed by atoms with Crippen molar-refractivity contribution in [2.45, 2.75) is 18.7 Å². The second kappa shape index (κ2) is 13.3. The van der Waals surface area contributed by atoms with Crippen LogP contribution in [0.4, 0.5) is 10.8 Å². The van der Waals surface area contributed by atoms with Gasteiger partial charge in [0.05, 0.1) is 27.9 Å². The number of nitrogens with zero attached hydrogens (tertiary/aromatic N) is 4. The summed E-state index contributed by atoms with van der Waals surface area (Å²) in [6, 6.07) is 20.6. The van der Waals surface area contributed by atoms with Crippen LogP contribution in [-0.4, -0.2) is 64.5 Å². The Morgan fingerprint density at radius 3 is 2.23 bits per heavy atom. The fourth-order valence-corrected chi connectivity index (χ4v) is 6.27. The Bertz CT molecular complexity index is 1490. The first-order valence-electron chi connectivity index (χ1n) is 12.4. The van der Waals surface area contributed by atoms with Gasteiger partial charge in [-0.2, -0.15) is 0 Å². The van der Waals surface area contributed by atoms with E-state index in [9.17, 15) is 13.2 Å². The predicted molar refractivity (Wildman–Crippen MR) is 161 cm³/mol. The van der Waals surface area contributed by atoms with Crippen molar-refractivity contribution in [2.75, 3.05) is 49.5 Å². The average Bonchev–Trinajstić information content (AvgIpc) is 3.38. The summed E-state index contributed by atoms with van der Waals surface area (Å²) in [5.41, 5.74) is 1.74. The number of anilines is 2. The van der Waals surface area contributed by atoms with Gasteiger partial charge in [0.1, 0.15) is 5.75 Å². The molecule has 0 aliphatic carbocycles. The second-order valence-electron chi connectivity index (χ2n) is 8.65. The standard InChI is InChI=1S/C28H32N4O4S2.ClH/c1-5-31(6-2)18-19-32(28-29-25-17-14-23(36-4)20-26(25)37-28)27(33)21-12-15-24(16-13-21)38(34,35)30(3)22-10-8-7-9-11-22;/h7-17,20H,5-6,18-19H2,1-4H3;1H. The maximum Gasteiger partial charge on any atom is 0.264 e. The van der Waals surface area contributed by atoms with Crippen LogP contribution in [0.3, 0.4) is 0 Å². The van der Waals surface area contributed by atoms with Crippen molar-refractivity contribution in [3.05, 3.63) is 78.4 Å². The average molecular weight is 589 g/mol. The van der Waals surface area contributed by atoms with Crippen molar-refractivity contribution >= 4 is 60.7 Å². The van der Waals surface area contributed by atoms with E-state index in [-0.39, 0.29) is 23.2 Å². The lowest BCUT2D eigenvalue weighted by Gasteiger charge is -2.25. The van der Waals surface area contributed by atoms with Gasteiger partial charge in [-0.15, -0.1) is 12.4 Å². The van der Waals surface area contributed by atoms with Crippen molar-refractivity contribution in [3.8, 4) is 5.75 Å². The van der Waals surface area contributed by atoms with Gasteiger partial charge in [0, 0.05) is 25.7 Å². The smallest absolute Gasteiger partial charge is 0.264 e. The van der Waals surface area contributed by atoms with Crippen LogP contribution in [0.1, 0.15) is 24.2 Å². The third kappa shape index (κ3) is 6.70. The maximum atomic E-state index is 13.7. The van der Waals surface area contributed by atoms with E-state index < -0.39 is 10.0 Å². The van der Waals surface area contributed by atoms with Gasteiger partial charge < -0.3 is 9.64 Å². The van der Waals surface area contributed by atoms with Crippen LogP contribution in [-0.2, 0) is 10.0 Å². The summed E-state index contributed by atoms with van der Waals surface area (Å²) in [5, 5.41) is 0.589. The Labute approximate surface area is 240 Å². The van der Waals surface area contributed by atoms with Gasteiger partial charge in [0.15, 0.2) is 5.13 Å². The van der Waals surface area contributed by atoms with Crippen LogP contribution in [0, 0.1) is 0 Å². The third-order valence-corrected chi connectivity index (χ3v) is 9.32. The van der Waals surface area contributed by atoms with Crippen molar-refractivity contribution in [3.63, 3.8) is 0 Å². The largest absolute Gasteiger partial charge is 0.497 e. The summed E-state index contributed by atoms with van der Waals surface area (Å²) in [6.45, 7) is 7.06. The van der Waals surface area contributed by atoms with Crippen molar-refractivity contribution in [1.82, 2.24) is 9.88 Å². The number of benzene rings is 3. The molecule has 11 heteroatoms. The zero-order valence-electron chi connectivity index (χ0n) is 22.4. The van der Waals surface area contributed by atoms with E-state index >= 15 is 0 Å². The number of para-hydroxylation sites is 1. The second-order valence-corrected chi connectivity index (χ2v) is 11.6. The zero-order chi connectivity index (χ0) is 27.3. The first-order chi connectivity index (χ1) is 18.3. The van der Waals surface area contributed by atoms with Gasteiger partial charge in [0.25, 0.3) is 15.9 Å². The van der Waals surface area contributed by atoms with Gasteiger partial charge in [0.2, 0.25) is 0 Å². The molecule has 0 fully saturated rings. The van der Waals surface area contributed by atoms with E-state index in [0.717, 1.165) is 29.1 Å². The van der Waals surface area contributed by atoms with Crippen molar-refractivity contribution in [1.29, 1.82) is 0 Å². The number of ether oxygens (including phenoxy) is 1. The summed E-state index contributed by atoms with van der Waals surface area (Å²) in [4.78, 5) is 22.5. The molecule has 1 amide bonds. The van der Waals surface area contributed by atoms with E-state index in [1.165, 1.54) is 34.8 Å². The number of rotatable bonds is 11. The molecule has 0 radical (unpaired) electrons. The Balaban J connectivity index is 0.00000420. The number of aromatic nitrogens is 1. The van der Waals surface area contributed by atoms with Crippen LogP contribution in [0.5, 0.6) is 5.75 Å². The van der Waals surface area contributed by atoms with Crippen LogP contribution in [0.15, 0.2) is 77.7 Å². The number of carbonyl (C=O) groups excluding carboxylic acids is 1. The summed E-state index contributed by atoms with van der Waals surface area (Å²) >= 11 is 1.43. The number of carbonyl (C=O) groups is 1. The number of hydrogen-bond donors (Lipinski definition) is 0. The van der Waals surface area contributed by atoms with E-state index in [0.29, 0.717) is 29.5 Å². The fraction of sp³-hybridized carbons (Fsp3) is 0.286. The molecule has 208 valence electrons. The normalized spacial score (nSPS) is 11.3. The monoisotopic (exact) mass is 588 g/mol. The SMILES string of the molecule is CCN(CC)CCN(C(=O)c1ccc(S(=O)(=O)N(C)c2ccccc2)cc1)c1nc2ccc(OC)cc2s1.Cl. The molecule has 0 unspecified atom stereocenters. The van der Waals surface area contributed by atoms with Gasteiger partial charge >= 0.3 is 0 Å². The highest BCUT2D eigenvalue weighted by Crippen LogP contribution is 2.32. The molecule has 4 aromatic rings. The minimum Gasteiger partial charge on any atom is -0.497 e. The number of amides is 1. The number of hydrogen-bond acceptors (Lipinski definition) is 7. The first-order valence-corrected chi connectivity index (χ1v) is 14.7. The summed E-state index contributed by atoms with van der Waals surface area (Å²) < 4.78 is 33.8. The molecule has 0 N–H and O–H groups in total. The van der Waals surface area contributed by atoms with Crippen molar-refractivity contribution < 1.29 is 17.9 Å². The summed E-state index contributed by atoms with van der Waals surface area (Å²) in [7, 11) is -0.649. The lowest BCUT2D eigenvalue weighted by Crippen LogP contribution is -2.38. The van der Waals surface area contributed by atoms with Crippen molar-refractivity contribution in [2.24, 2.45) is 0 Å². The number of fused-ring (bicyclic) bond motifs is 1. The van der Waals surface area contributed by atoms with E-state index in [1.54, 1.807) is 48.4 Å². The van der Waals surface area contributed by atoms with Crippen LogP contribution in [0.2, 0.25) is 0 Å². The molecule has 0 saturated carbocycles. The Kier molecular flexibility index (Phi) is 10.3. The summed E-state index contributed by atoms with van der Waals surface area (Å²) in [6.07, 6.45) is 0. The minimum atomic E-state index is -3.78. The van der Waals surface area contributed by atoms with Crippen LogP contribution >= 0.6 is 23.7 Å². The quantitative estimate of drug-likeness (QED) is 0.229. The molecular weight excluding hydrogens is 556 g/mol. The molecule has 0 bridgehead atoms. The number of thiazole rings is 1. The summed E-state index contributed by atoms with van der Waals surface area (Å²) in [5.74, 6) is 0.495. The Morgan fingerprint density at radius 2 is 1.62 bits per heavy atom. The van der Waals surface area contributed by atoms with E-state index in [2.05, 4.69) is 18.7 Å². The maximum absolute atomic E-state index is 13.7. The molecule has 1 aromatic heterocycles. The zero-order valence-corrected chi connectivity index (χ0v) is 24.9. The highest BCUT2D eigenvalue weighted by Gasteiger charge is 2.25. The molecule has 0 atom stereocenters. The molecule has 3 aromatic carbocycles. The van der Waals surface area contributed by atoms with Crippen LogP contribution in [0.25, 0.3) is 10.2 Å². The minimum absolute atomic E-state index is 0. The van der Waals surface area contributed by atoms with E-state index in [1.807, 2.05) is 24.3 Å². The molecule has 0 saturated heterocycles. The highest BCUT2D eigenvalue weighted by atomic mass is 35.5. The molecule has 0 aliphatic heterocycles. The van der Waals surface area contributed by atoms with Gasteiger partial charge in [-0.3, -0.25) is 14.0 Å². The molecule has 0 spiro atoms. The molecule has 0 aliphatic rings. The first kappa shape index (κ1) is 30.4. The molecule has 8 nitrogen and oxygen atoms in total. The Morgan fingerprint density at radius 1 is 0.949 bits per heavy atom. The lowest BCUT2D eigenvalue weighted by atomic mass is 10.2. The van der Waals surface area contributed by atoms with E-state index in [4.69, 9.17) is 9.72 Å². The molecule has 1 heterocycles. The number of methoxy groups -OCH3 is 1. The highest BCUT2D eigenvalue weighted by molar-refractivity contribution is 7.92. The third-order valence-electron chi connectivity index (χ3n) is 6.47. The van der Waals surface area contributed by atoms with Gasteiger partial charge in [-0.05, 0) is 67.7 Å². The predicted octanol–water partition coefficient (Wildman–Crippen LogP) is 5.54. The molecule has 4 rings (SSSR count). The fourth-order valence-electron chi connectivity index (χ4n) is 4.06. The Hall–Kier alpha value is -3.18.